The Bertz CT molecular complexity index is 370. The average molecular weight is 239 g/mol. The number of hydrogen-bond donors (Lipinski definition) is 1. The molecule has 0 saturated heterocycles. The van der Waals surface area contributed by atoms with Crippen LogP contribution in [0.15, 0.2) is 18.2 Å². The molecule has 0 atom stereocenters. The van der Waals surface area contributed by atoms with E-state index in [1.165, 1.54) is 37.8 Å². The predicted molar refractivity (Wildman–Crippen MR) is 64.6 cm³/mol. The molecule has 3 heteroatoms. The summed E-state index contributed by atoms with van der Waals surface area (Å²) in [6.07, 6.45) is 4.89. The predicted octanol–water partition coefficient (Wildman–Crippen LogP) is 3.63. The van der Waals surface area contributed by atoms with Crippen molar-refractivity contribution in [2.75, 3.05) is 0 Å². The second-order valence-electron chi connectivity index (χ2n) is 5.09. The molecule has 1 aromatic carbocycles. The van der Waals surface area contributed by atoms with Gasteiger partial charge in [-0.25, -0.2) is 8.78 Å². The van der Waals surface area contributed by atoms with E-state index in [1.807, 2.05) is 0 Å². The molecule has 1 N–H and O–H groups in total. The van der Waals surface area contributed by atoms with Crippen LogP contribution in [0.1, 0.15) is 38.2 Å². The molecular weight excluding hydrogens is 220 g/mol. The molecule has 1 aliphatic carbocycles. The van der Waals surface area contributed by atoms with Crippen molar-refractivity contribution in [3.05, 3.63) is 35.4 Å². The summed E-state index contributed by atoms with van der Waals surface area (Å²) in [4.78, 5) is 0. The van der Waals surface area contributed by atoms with E-state index in [0.29, 0.717) is 12.6 Å². The third-order valence-corrected chi connectivity index (χ3v) is 3.59. The van der Waals surface area contributed by atoms with Crippen molar-refractivity contribution in [1.82, 2.24) is 5.32 Å². The minimum Gasteiger partial charge on any atom is -0.310 e. The molecule has 0 unspecified atom stereocenters. The zero-order chi connectivity index (χ0) is 12.3. The Labute approximate surface area is 101 Å². The lowest BCUT2D eigenvalue weighted by atomic mass is 9.87. The third-order valence-electron chi connectivity index (χ3n) is 3.59. The van der Waals surface area contributed by atoms with Gasteiger partial charge in [-0.3, -0.25) is 0 Å². The largest absolute Gasteiger partial charge is 0.310 e. The lowest BCUT2D eigenvalue weighted by molar-refractivity contribution is 0.306. The first-order chi connectivity index (χ1) is 8.15. The van der Waals surface area contributed by atoms with Gasteiger partial charge in [-0.15, -0.1) is 0 Å². The lowest BCUT2D eigenvalue weighted by Crippen LogP contribution is -2.32. The highest BCUT2D eigenvalue weighted by Crippen LogP contribution is 2.23. The fraction of sp³-hybridized carbons (Fsp3) is 0.571. The smallest absolute Gasteiger partial charge is 0.159 e. The van der Waals surface area contributed by atoms with Crippen LogP contribution in [0, 0.1) is 17.6 Å². The summed E-state index contributed by atoms with van der Waals surface area (Å²) >= 11 is 0. The molecule has 0 heterocycles. The highest BCUT2D eigenvalue weighted by molar-refractivity contribution is 5.17. The van der Waals surface area contributed by atoms with Gasteiger partial charge in [0, 0.05) is 12.6 Å². The van der Waals surface area contributed by atoms with E-state index in [1.54, 1.807) is 6.07 Å². The molecule has 0 aliphatic heterocycles. The van der Waals surface area contributed by atoms with Gasteiger partial charge >= 0.3 is 0 Å². The van der Waals surface area contributed by atoms with Crippen LogP contribution in [0.3, 0.4) is 0 Å². The monoisotopic (exact) mass is 239 g/mol. The number of halogens is 2. The van der Waals surface area contributed by atoms with Gasteiger partial charge in [-0.05, 0) is 49.3 Å². The first-order valence-electron chi connectivity index (χ1n) is 6.32. The molecule has 0 bridgehead atoms. The second kappa shape index (κ2) is 5.58. The molecule has 1 aromatic rings. The Hall–Kier alpha value is -0.960. The van der Waals surface area contributed by atoms with Gasteiger partial charge in [0.25, 0.3) is 0 Å². The Balaban J connectivity index is 1.83. The fourth-order valence-electron chi connectivity index (χ4n) is 2.38. The number of rotatable bonds is 3. The zero-order valence-electron chi connectivity index (χ0n) is 10.2. The van der Waals surface area contributed by atoms with E-state index in [-0.39, 0.29) is 0 Å². The van der Waals surface area contributed by atoms with Crippen LogP contribution in [0.25, 0.3) is 0 Å². The molecule has 94 valence electrons. The summed E-state index contributed by atoms with van der Waals surface area (Å²) in [5.41, 5.74) is 0.808. The van der Waals surface area contributed by atoms with Crippen molar-refractivity contribution in [2.45, 2.75) is 45.2 Å². The summed E-state index contributed by atoms with van der Waals surface area (Å²) in [6, 6.07) is 4.62. The molecule has 17 heavy (non-hydrogen) atoms. The van der Waals surface area contributed by atoms with Gasteiger partial charge in [0.1, 0.15) is 0 Å². The van der Waals surface area contributed by atoms with Gasteiger partial charge in [-0.2, -0.15) is 0 Å². The SMILES string of the molecule is CC1CCC(NCc2ccc(F)c(F)c2)CC1. The number of nitrogens with one attached hydrogen (secondary N) is 1. The standard InChI is InChI=1S/C14H19F2N/c1-10-2-5-12(6-3-10)17-9-11-4-7-13(15)14(16)8-11/h4,7-8,10,12,17H,2-3,5-6,9H2,1H3. The molecule has 1 saturated carbocycles. The first-order valence-corrected chi connectivity index (χ1v) is 6.32. The van der Waals surface area contributed by atoms with Crippen molar-refractivity contribution in [2.24, 2.45) is 5.92 Å². The molecule has 0 radical (unpaired) electrons. The Kier molecular flexibility index (Phi) is 4.11. The maximum Gasteiger partial charge on any atom is 0.159 e. The van der Waals surface area contributed by atoms with Crippen molar-refractivity contribution in [1.29, 1.82) is 0 Å². The van der Waals surface area contributed by atoms with E-state index in [9.17, 15) is 8.78 Å². The van der Waals surface area contributed by atoms with E-state index >= 15 is 0 Å². The van der Waals surface area contributed by atoms with Crippen LogP contribution >= 0.6 is 0 Å². The van der Waals surface area contributed by atoms with E-state index in [0.717, 1.165) is 11.5 Å². The summed E-state index contributed by atoms with van der Waals surface area (Å²) < 4.78 is 25.7. The molecular formula is C14H19F2N. The number of benzene rings is 1. The van der Waals surface area contributed by atoms with Gasteiger partial charge in [-0.1, -0.05) is 13.0 Å². The van der Waals surface area contributed by atoms with Crippen LogP contribution in [0.5, 0.6) is 0 Å². The third kappa shape index (κ3) is 3.50. The van der Waals surface area contributed by atoms with Crippen molar-refractivity contribution in [3.63, 3.8) is 0 Å². The van der Waals surface area contributed by atoms with E-state index < -0.39 is 11.6 Å². The van der Waals surface area contributed by atoms with Crippen LogP contribution in [-0.2, 0) is 6.54 Å². The van der Waals surface area contributed by atoms with Crippen LogP contribution in [-0.4, -0.2) is 6.04 Å². The van der Waals surface area contributed by atoms with Crippen LogP contribution < -0.4 is 5.32 Å². The summed E-state index contributed by atoms with van der Waals surface area (Å²) in [6.45, 7) is 2.90. The zero-order valence-corrected chi connectivity index (χ0v) is 10.2. The van der Waals surface area contributed by atoms with Crippen molar-refractivity contribution < 1.29 is 8.78 Å². The Morgan fingerprint density at radius 3 is 2.47 bits per heavy atom. The van der Waals surface area contributed by atoms with Gasteiger partial charge in [0.05, 0.1) is 0 Å². The molecule has 0 spiro atoms. The molecule has 2 rings (SSSR count). The Morgan fingerprint density at radius 1 is 1.12 bits per heavy atom. The van der Waals surface area contributed by atoms with Gasteiger partial charge < -0.3 is 5.32 Å². The summed E-state index contributed by atoms with van der Waals surface area (Å²) in [7, 11) is 0. The van der Waals surface area contributed by atoms with Crippen LogP contribution in [0.2, 0.25) is 0 Å². The minimum atomic E-state index is -0.778. The van der Waals surface area contributed by atoms with Gasteiger partial charge in [0.15, 0.2) is 11.6 Å². The van der Waals surface area contributed by atoms with E-state index in [2.05, 4.69) is 12.2 Å². The van der Waals surface area contributed by atoms with Crippen molar-refractivity contribution >= 4 is 0 Å². The fourth-order valence-corrected chi connectivity index (χ4v) is 2.38. The lowest BCUT2D eigenvalue weighted by Gasteiger charge is -2.27. The van der Waals surface area contributed by atoms with Gasteiger partial charge in [0.2, 0.25) is 0 Å². The second-order valence-corrected chi connectivity index (χ2v) is 5.09. The molecule has 1 aliphatic rings. The van der Waals surface area contributed by atoms with Crippen LogP contribution in [0.4, 0.5) is 8.78 Å². The summed E-state index contributed by atoms with van der Waals surface area (Å²) in [5, 5.41) is 3.42. The molecule has 0 aromatic heterocycles. The van der Waals surface area contributed by atoms with Crippen molar-refractivity contribution in [3.8, 4) is 0 Å². The highest BCUT2D eigenvalue weighted by atomic mass is 19.2. The topological polar surface area (TPSA) is 12.0 Å². The van der Waals surface area contributed by atoms with E-state index in [4.69, 9.17) is 0 Å². The Morgan fingerprint density at radius 2 is 1.82 bits per heavy atom. The summed E-state index contributed by atoms with van der Waals surface area (Å²) in [5.74, 6) is -0.710. The first kappa shape index (κ1) is 12.5. The minimum absolute atomic E-state index is 0.527. The normalized spacial score (nSPS) is 24.9. The quantitative estimate of drug-likeness (QED) is 0.849. The molecule has 1 nitrogen and oxygen atoms in total. The number of hydrogen-bond acceptors (Lipinski definition) is 1. The average Bonchev–Trinajstić information content (AvgIpc) is 2.33. The molecule has 1 fully saturated rings. The maximum absolute atomic E-state index is 13.0. The highest BCUT2D eigenvalue weighted by Gasteiger charge is 2.17. The maximum atomic E-state index is 13.0. The molecule has 0 amide bonds.